The third-order valence-corrected chi connectivity index (χ3v) is 2.35. The fourth-order valence-electron chi connectivity index (χ4n) is 1.29. The van der Waals surface area contributed by atoms with E-state index in [2.05, 4.69) is 10.6 Å². The van der Waals surface area contributed by atoms with E-state index in [0.29, 0.717) is 0 Å². The van der Waals surface area contributed by atoms with Crippen LogP contribution in [-0.4, -0.2) is 23.1 Å². The standard InChI is InChI=1S/C11H12ClFN2O3/c1-6(4-10(16)17)14-11(18)15-9-3-2-7(13)5-8(9)12/h2-3,5-6H,4H2,1H3,(H,16,17)(H2,14,15,18). The predicted molar refractivity (Wildman–Crippen MR) is 65.3 cm³/mol. The van der Waals surface area contributed by atoms with Crippen molar-refractivity contribution in [1.29, 1.82) is 0 Å². The molecule has 18 heavy (non-hydrogen) atoms. The van der Waals surface area contributed by atoms with Crippen molar-refractivity contribution in [2.45, 2.75) is 19.4 Å². The number of urea groups is 1. The maximum Gasteiger partial charge on any atom is 0.319 e. The molecule has 0 aliphatic carbocycles. The first-order valence-corrected chi connectivity index (χ1v) is 5.50. The Morgan fingerprint density at radius 2 is 2.17 bits per heavy atom. The van der Waals surface area contributed by atoms with Gasteiger partial charge in [0.25, 0.3) is 0 Å². The van der Waals surface area contributed by atoms with Crippen LogP contribution in [0, 0.1) is 5.82 Å². The van der Waals surface area contributed by atoms with Gasteiger partial charge in [-0.2, -0.15) is 0 Å². The summed E-state index contributed by atoms with van der Waals surface area (Å²) in [6.07, 6.45) is -0.190. The second-order valence-electron chi connectivity index (χ2n) is 3.72. The van der Waals surface area contributed by atoms with Gasteiger partial charge in [0.15, 0.2) is 0 Å². The van der Waals surface area contributed by atoms with Crippen LogP contribution in [0.2, 0.25) is 5.02 Å². The summed E-state index contributed by atoms with van der Waals surface area (Å²) in [5, 5.41) is 13.4. The maximum absolute atomic E-state index is 12.8. The number of rotatable bonds is 4. The van der Waals surface area contributed by atoms with Crippen LogP contribution < -0.4 is 10.6 Å². The number of nitrogens with one attached hydrogen (secondary N) is 2. The Morgan fingerprint density at radius 1 is 1.50 bits per heavy atom. The van der Waals surface area contributed by atoms with Crippen molar-refractivity contribution >= 4 is 29.3 Å². The molecule has 7 heteroatoms. The number of carboxylic acid groups (broad SMARTS) is 1. The minimum atomic E-state index is -1.01. The summed E-state index contributed by atoms with van der Waals surface area (Å²) in [6.45, 7) is 1.56. The van der Waals surface area contributed by atoms with E-state index in [0.717, 1.165) is 12.1 Å². The highest BCUT2D eigenvalue weighted by molar-refractivity contribution is 6.33. The zero-order valence-corrected chi connectivity index (χ0v) is 10.3. The van der Waals surface area contributed by atoms with Gasteiger partial charge in [-0.25, -0.2) is 9.18 Å². The topological polar surface area (TPSA) is 78.4 Å². The molecule has 0 saturated heterocycles. The van der Waals surface area contributed by atoms with Crippen LogP contribution in [0.25, 0.3) is 0 Å². The highest BCUT2D eigenvalue weighted by Crippen LogP contribution is 2.22. The van der Waals surface area contributed by atoms with Crippen molar-refractivity contribution in [2.75, 3.05) is 5.32 Å². The van der Waals surface area contributed by atoms with Crippen LogP contribution >= 0.6 is 11.6 Å². The molecule has 5 nitrogen and oxygen atoms in total. The van der Waals surface area contributed by atoms with Gasteiger partial charge in [0.2, 0.25) is 0 Å². The minimum Gasteiger partial charge on any atom is -0.481 e. The van der Waals surface area contributed by atoms with E-state index >= 15 is 0 Å². The lowest BCUT2D eigenvalue weighted by molar-refractivity contribution is -0.137. The zero-order valence-electron chi connectivity index (χ0n) is 9.54. The Balaban J connectivity index is 2.56. The average Bonchev–Trinajstić information content (AvgIpc) is 2.20. The van der Waals surface area contributed by atoms with E-state index < -0.39 is 23.9 Å². The third kappa shape index (κ3) is 4.58. The molecule has 98 valence electrons. The van der Waals surface area contributed by atoms with E-state index in [1.54, 1.807) is 6.92 Å². The second kappa shape index (κ2) is 6.20. The highest BCUT2D eigenvalue weighted by atomic mass is 35.5. The number of anilines is 1. The highest BCUT2D eigenvalue weighted by Gasteiger charge is 2.12. The summed E-state index contributed by atoms with van der Waals surface area (Å²) >= 11 is 5.72. The Kier molecular flexibility index (Phi) is 4.91. The molecule has 1 aromatic rings. The smallest absolute Gasteiger partial charge is 0.319 e. The molecule has 0 spiro atoms. The Labute approximate surface area is 108 Å². The lowest BCUT2D eigenvalue weighted by Crippen LogP contribution is -2.37. The Bertz CT molecular complexity index is 468. The van der Waals surface area contributed by atoms with Crippen molar-refractivity contribution in [3.05, 3.63) is 29.0 Å². The molecule has 1 rings (SSSR count). The number of amides is 2. The summed E-state index contributed by atoms with van der Waals surface area (Å²) in [5.41, 5.74) is 0.248. The van der Waals surface area contributed by atoms with Gasteiger partial charge in [-0.3, -0.25) is 4.79 Å². The van der Waals surface area contributed by atoms with Crippen LogP contribution in [0.1, 0.15) is 13.3 Å². The molecule has 0 aliphatic rings. The molecule has 3 N–H and O–H groups in total. The lowest BCUT2D eigenvalue weighted by Gasteiger charge is -2.13. The summed E-state index contributed by atoms with van der Waals surface area (Å²) in [6, 6.07) is 2.41. The molecule has 0 aliphatic heterocycles. The van der Waals surface area contributed by atoms with Crippen LogP contribution in [0.15, 0.2) is 18.2 Å². The van der Waals surface area contributed by atoms with Crippen LogP contribution in [0.5, 0.6) is 0 Å². The van der Waals surface area contributed by atoms with Crippen molar-refractivity contribution in [3.8, 4) is 0 Å². The monoisotopic (exact) mass is 274 g/mol. The van der Waals surface area contributed by atoms with E-state index in [9.17, 15) is 14.0 Å². The summed E-state index contributed by atoms with van der Waals surface area (Å²) in [4.78, 5) is 21.9. The van der Waals surface area contributed by atoms with Crippen molar-refractivity contribution < 1.29 is 19.1 Å². The van der Waals surface area contributed by atoms with E-state index in [4.69, 9.17) is 16.7 Å². The first kappa shape index (κ1) is 14.2. The Hall–Kier alpha value is -1.82. The summed E-state index contributed by atoms with van der Waals surface area (Å²) in [7, 11) is 0. The average molecular weight is 275 g/mol. The Morgan fingerprint density at radius 3 is 2.72 bits per heavy atom. The molecule has 0 aromatic heterocycles. The van der Waals surface area contributed by atoms with Gasteiger partial charge in [0.05, 0.1) is 17.1 Å². The zero-order chi connectivity index (χ0) is 13.7. The van der Waals surface area contributed by atoms with Gasteiger partial charge in [-0.15, -0.1) is 0 Å². The minimum absolute atomic E-state index is 0.0658. The van der Waals surface area contributed by atoms with E-state index in [-0.39, 0.29) is 17.1 Å². The van der Waals surface area contributed by atoms with E-state index in [1.807, 2.05) is 0 Å². The number of benzene rings is 1. The van der Waals surface area contributed by atoms with Gasteiger partial charge < -0.3 is 15.7 Å². The first-order chi connectivity index (χ1) is 8.38. The number of aliphatic carboxylic acids is 1. The molecule has 1 atom stereocenters. The fourth-order valence-corrected chi connectivity index (χ4v) is 1.50. The molecule has 0 radical (unpaired) electrons. The number of hydrogen-bond acceptors (Lipinski definition) is 2. The van der Waals surface area contributed by atoms with Gasteiger partial charge in [0.1, 0.15) is 5.82 Å². The summed E-state index contributed by atoms with van der Waals surface area (Å²) in [5.74, 6) is -1.52. The van der Waals surface area contributed by atoms with E-state index in [1.165, 1.54) is 6.07 Å². The number of carboxylic acids is 1. The molecule has 0 saturated carbocycles. The van der Waals surface area contributed by atoms with Crippen LogP contribution in [0.4, 0.5) is 14.9 Å². The van der Waals surface area contributed by atoms with Crippen molar-refractivity contribution in [1.82, 2.24) is 5.32 Å². The predicted octanol–water partition coefficient (Wildman–Crippen LogP) is 2.46. The number of carbonyl (C=O) groups excluding carboxylic acids is 1. The molecule has 0 bridgehead atoms. The quantitative estimate of drug-likeness (QED) is 0.789. The van der Waals surface area contributed by atoms with Gasteiger partial charge in [-0.1, -0.05) is 11.6 Å². The number of hydrogen-bond donors (Lipinski definition) is 3. The second-order valence-corrected chi connectivity index (χ2v) is 4.13. The van der Waals surface area contributed by atoms with Gasteiger partial charge in [-0.05, 0) is 25.1 Å². The van der Waals surface area contributed by atoms with Crippen molar-refractivity contribution in [3.63, 3.8) is 0 Å². The molecule has 0 fully saturated rings. The largest absolute Gasteiger partial charge is 0.481 e. The lowest BCUT2D eigenvalue weighted by atomic mass is 10.2. The van der Waals surface area contributed by atoms with Gasteiger partial charge >= 0.3 is 12.0 Å². The number of halogens is 2. The SMILES string of the molecule is CC(CC(=O)O)NC(=O)Nc1ccc(F)cc1Cl. The molecule has 1 aromatic carbocycles. The fraction of sp³-hybridized carbons (Fsp3) is 0.273. The van der Waals surface area contributed by atoms with Crippen molar-refractivity contribution in [2.24, 2.45) is 0 Å². The van der Waals surface area contributed by atoms with Gasteiger partial charge in [0, 0.05) is 6.04 Å². The number of carbonyl (C=O) groups is 2. The maximum atomic E-state index is 12.8. The molecular weight excluding hydrogens is 263 g/mol. The summed E-state index contributed by atoms with van der Waals surface area (Å²) < 4.78 is 12.8. The molecule has 0 heterocycles. The third-order valence-electron chi connectivity index (χ3n) is 2.04. The first-order valence-electron chi connectivity index (χ1n) is 5.13. The van der Waals surface area contributed by atoms with Crippen LogP contribution in [0.3, 0.4) is 0 Å². The normalized spacial score (nSPS) is 11.7. The molecular formula is C11H12ClFN2O3. The molecule has 1 unspecified atom stereocenters. The molecule has 2 amide bonds. The van der Waals surface area contributed by atoms with Crippen LogP contribution in [-0.2, 0) is 4.79 Å².